The van der Waals surface area contributed by atoms with Gasteiger partial charge in [0.2, 0.25) is 0 Å². The van der Waals surface area contributed by atoms with Gasteiger partial charge in [0, 0.05) is 41.8 Å². The molecule has 0 atom stereocenters. The Morgan fingerprint density at radius 3 is 2.69 bits per heavy atom. The summed E-state index contributed by atoms with van der Waals surface area (Å²) in [6.45, 7) is 3.32. The van der Waals surface area contributed by atoms with Crippen LogP contribution in [0.3, 0.4) is 0 Å². The molecule has 6 rings (SSSR count). The molecule has 1 fully saturated rings. The van der Waals surface area contributed by atoms with Crippen LogP contribution in [0.1, 0.15) is 15.9 Å². The fourth-order valence-corrected chi connectivity index (χ4v) is 4.04. The third kappa shape index (κ3) is 3.19. The summed E-state index contributed by atoms with van der Waals surface area (Å²) in [6, 6.07) is 13.8. The number of nitrogens with zero attached hydrogens (tertiary/aromatic N) is 6. The highest BCUT2D eigenvalue weighted by molar-refractivity contribution is 6.13. The number of carbonyl (C=O) groups is 1. The molecule has 9 nitrogen and oxygen atoms in total. The Bertz CT molecular complexity index is 1350. The maximum Gasteiger partial charge on any atom is 0.277 e. The van der Waals surface area contributed by atoms with Crippen molar-refractivity contribution >= 4 is 35.0 Å². The Hall–Kier alpha value is -4.11. The molecule has 0 radical (unpaired) electrons. The molecular formula is C23H19N7O2. The summed E-state index contributed by atoms with van der Waals surface area (Å²) >= 11 is 0. The van der Waals surface area contributed by atoms with Crippen molar-refractivity contribution in [2.45, 2.75) is 0 Å². The number of rotatable bonds is 4. The van der Waals surface area contributed by atoms with E-state index in [1.54, 1.807) is 23.0 Å². The zero-order valence-corrected chi connectivity index (χ0v) is 17.1. The SMILES string of the molecule is O=C1N=Cc2cc(-c3cnc(Nc4ccc(N5CCOCC5)cc4)c4ncnn34)ccc21. The van der Waals surface area contributed by atoms with Crippen molar-refractivity contribution in [2.24, 2.45) is 4.99 Å². The van der Waals surface area contributed by atoms with E-state index in [1.807, 2.05) is 24.3 Å². The number of hydrogen-bond acceptors (Lipinski definition) is 7. The molecule has 0 unspecified atom stereocenters. The first-order chi connectivity index (χ1) is 15.8. The molecule has 32 heavy (non-hydrogen) atoms. The molecule has 1 saturated heterocycles. The maximum absolute atomic E-state index is 11.8. The van der Waals surface area contributed by atoms with Crippen LogP contribution in [0.5, 0.6) is 0 Å². The summed E-state index contributed by atoms with van der Waals surface area (Å²) in [5.41, 5.74) is 5.77. The van der Waals surface area contributed by atoms with Crippen LogP contribution in [0.4, 0.5) is 17.2 Å². The van der Waals surface area contributed by atoms with E-state index < -0.39 is 0 Å². The number of aliphatic imine (C=N–C) groups is 1. The molecule has 9 heteroatoms. The summed E-state index contributed by atoms with van der Waals surface area (Å²) in [7, 11) is 0. The van der Waals surface area contributed by atoms with Crippen LogP contribution in [-0.4, -0.2) is 58.0 Å². The van der Waals surface area contributed by atoms with Gasteiger partial charge >= 0.3 is 0 Å². The predicted molar refractivity (Wildman–Crippen MR) is 121 cm³/mol. The molecule has 0 bridgehead atoms. The smallest absolute Gasteiger partial charge is 0.277 e. The summed E-state index contributed by atoms with van der Waals surface area (Å²) < 4.78 is 7.17. The van der Waals surface area contributed by atoms with Gasteiger partial charge in [-0.15, -0.1) is 0 Å². The lowest BCUT2D eigenvalue weighted by molar-refractivity contribution is 0.101. The molecule has 1 amide bonds. The van der Waals surface area contributed by atoms with Crippen molar-refractivity contribution in [2.75, 3.05) is 36.5 Å². The molecule has 4 heterocycles. The molecule has 0 saturated carbocycles. The zero-order chi connectivity index (χ0) is 21.5. The molecule has 4 aromatic rings. The van der Waals surface area contributed by atoms with Crippen molar-refractivity contribution in [3.8, 4) is 11.3 Å². The van der Waals surface area contributed by atoms with E-state index in [9.17, 15) is 4.79 Å². The highest BCUT2D eigenvalue weighted by Gasteiger charge is 2.18. The van der Waals surface area contributed by atoms with Crippen LogP contribution in [0.2, 0.25) is 0 Å². The van der Waals surface area contributed by atoms with Gasteiger partial charge in [0.05, 0.1) is 30.7 Å². The van der Waals surface area contributed by atoms with Gasteiger partial charge in [-0.25, -0.2) is 19.5 Å². The van der Waals surface area contributed by atoms with Gasteiger partial charge in [0.25, 0.3) is 5.91 Å². The molecule has 0 spiro atoms. The maximum atomic E-state index is 11.8. The average Bonchev–Trinajstić information content (AvgIpc) is 3.48. The highest BCUT2D eigenvalue weighted by atomic mass is 16.5. The van der Waals surface area contributed by atoms with Crippen LogP contribution < -0.4 is 10.2 Å². The van der Waals surface area contributed by atoms with Gasteiger partial charge in [-0.2, -0.15) is 5.10 Å². The van der Waals surface area contributed by atoms with Crippen LogP contribution in [-0.2, 0) is 4.74 Å². The van der Waals surface area contributed by atoms with Crippen molar-refractivity contribution in [3.63, 3.8) is 0 Å². The van der Waals surface area contributed by atoms with Crippen molar-refractivity contribution in [1.82, 2.24) is 19.6 Å². The summed E-state index contributed by atoms with van der Waals surface area (Å²) in [4.78, 5) is 26.9. The van der Waals surface area contributed by atoms with Crippen LogP contribution in [0.15, 0.2) is 60.0 Å². The minimum absolute atomic E-state index is 0.213. The quantitative estimate of drug-likeness (QED) is 0.537. The molecule has 2 aromatic heterocycles. The first-order valence-electron chi connectivity index (χ1n) is 10.4. The Balaban J connectivity index is 1.29. The number of carbonyl (C=O) groups excluding carboxylic acids is 1. The number of ether oxygens (including phenoxy) is 1. The second-order valence-corrected chi connectivity index (χ2v) is 7.62. The van der Waals surface area contributed by atoms with Crippen molar-refractivity contribution in [3.05, 3.63) is 66.1 Å². The number of nitrogens with one attached hydrogen (secondary N) is 1. The number of hydrogen-bond donors (Lipinski definition) is 1. The standard InChI is InChI=1S/C23H19N7O2/c31-23-19-6-1-15(11-16(19)12-25-23)20-13-24-21(22-26-14-27-30(20)22)28-17-2-4-18(5-3-17)29-7-9-32-10-8-29/h1-6,11-14H,7-10H2,(H,24,28). The summed E-state index contributed by atoms with van der Waals surface area (Å²) in [5.74, 6) is 0.401. The topological polar surface area (TPSA) is 97.0 Å². The minimum Gasteiger partial charge on any atom is -0.378 e. The Kier molecular flexibility index (Phi) is 4.39. The van der Waals surface area contributed by atoms with E-state index in [0.717, 1.165) is 48.8 Å². The predicted octanol–water partition coefficient (Wildman–Crippen LogP) is 2.94. The van der Waals surface area contributed by atoms with Crippen LogP contribution in [0.25, 0.3) is 16.9 Å². The number of anilines is 3. The zero-order valence-electron chi connectivity index (χ0n) is 17.1. The van der Waals surface area contributed by atoms with E-state index in [-0.39, 0.29) is 5.91 Å². The summed E-state index contributed by atoms with van der Waals surface area (Å²) in [6.07, 6.45) is 4.84. The molecular weight excluding hydrogens is 406 g/mol. The molecule has 2 aliphatic heterocycles. The second kappa shape index (κ2) is 7.54. The van der Waals surface area contributed by atoms with Crippen LogP contribution >= 0.6 is 0 Å². The summed E-state index contributed by atoms with van der Waals surface area (Å²) in [5, 5.41) is 7.73. The number of benzene rings is 2. The number of amides is 1. The largest absolute Gasteiger partial charge is 0.378 e. The third-order valence-corrected chi connectivity index (χ3v) is 5.71. The lowest BCUT2D eigenvalue weighted by atomic mass is 10.0. The van der Waals surface area contributed by atoms with Crippen molar-refractivity contribution < 1.29 is 9.53 Å². The van der Waals surface area contributed by atoms with Gasteiger partial charge < -0.3 is 15.0 Å². The Morgan fingerprint density at radius 1 is 1.00 bits per heavy atom. The highest BCUT2D eigenvalue weighted by Crippen LogP contribution is 2.28. The van der Waals surface area contributed by atoms with Gasteiger partial charge in [0.1, 0.15) is 6.33 Å². The number of aromatic nitrogens is 4. The van der Waals surface area contributed by atoms with Gasteiger partial charge in [-0.05, 0) is 36.4 Å². The normalized spacial score (nSPS) is 15.4. The molecule has 0 aliphatic carbocycles. The fraction of sp³-hybridized carbons (Fsp3) is 0.174. The van der Waals surface area contributed by atoms with Crippen molar-refractivity contribution in [1.29, 1.82) is 0 Å². The lowest BCUT2D eigenvalue weighted by Gasteiger charge is -2.28. The number of fused-ring (bicyclic) bond motifs is 2. The van der Waals surface area contributed by atoms with Gasteiger partial charge in [-0.3, -0.25) is 4.79 Å². The fourth-order valence-electron chi connectivity index (χ4n) is 4.04. The van der Waals surface area contributed by atoms with E-state index in [2.05, 4.69) is 42.4 Å². The Morgan fingerprint density at radius 2 is 1.84 bits per heavy atom. The number of morpholine rings is 1. The van der Waals surface area contributed by atoms with Gasteiger partial charge in [-0.1, -0.05) is 6.07 Å². The molecule has 2 aliphatic rings. The first kappa shape index (κ1) is 18.6. The monoisotopic (exact) mass is 425 g/mol. The molecule has 158 valence electrons. The first-order valence-corrected chi connectivity index (χ1v) is 10.4. The van der Waals surface area contributed by atoms with Gasteiger partial charge in [0.15, 0.2) is 11.5 Å². The average molecular weight is 425 g/mol. The van der Waals surface area contributed by atoms with Crippen LogP contribution in [0, 0.1) is 0 Å². The second-order valence-electron chi connectivity index (χ2n) is 7.62. The minimum atomic E-state index is -0.213. The molecule has 2 aromatic carbocycles. The lowest BCUT2D eigenvalue weighted by Crippen LogP contribution is -2.36. The Labute approximate surface area is 183 Å². The van der Waals surface area contributed by atoms with E-state index >= 15 is 0 Å². The van der Waals surface area contributed by atoms with E-state index in [1.165, 1.54) is 12.0 Å². The third-order valence-electron chi connectivity index (χ3n) is 5.71. The van der Waals surface area contributed by atoms with E-state index in [0.29, 0.717) is 17.0 Å². The molecule has 1 N–H and O–H groups in total. The van der Waals surface area contributed by atoms with E-state index in [4.69, 9.17) is 4.74 Å².